The van der Waals surface area contributed by atoms with Crippen LogP contribution >= 0.6 is 11.8 Å². The lowest BCUT2D eigenvalue weighted by atomic mass is 10.2. The van der Waals surface area contributed by atoms with Gasteiger partial charge in [-0.3, -0.25) is 0 Å². The normalized spacial score (nSPS) is 18.1. The summed E-state index contributed by atoms with van der Waals surface area (Å²) in [7, 11) is 2.08. The molecule has 1 aromatic rings. The first-order valence-electron chi connectivity index (χ1n) is 6.96. The van der Waals surface area contributed by atoms with E-state index in [1.807, 2.05) is 11.8 Å². The Labute approximate surface area is 115 Å². The number of hydrogen-bond donors (Lipinski definition) is 1. The van der Waals surface area contributed by atoms with E-state index in [2.05, 4.69) is 47.6 Å². The number of nitrogens with one attached hydrogen (secondary N) is 1. The Morgan fingerprint density at radius 3 is 2.61 bits per heavy atom. The molecule has 1 aromatic carbocycles. The van der Waals surface area contributed by atoms with Gasteiger partial charge in [0.25, 0.3) is 0 Å². The van der Waals surface area contributed by atoms with Crippen LogP contribution < -0.4 is 5.32 Å². The van der Waals surface area contributed by atoms with Gasteiger partial charge in [-0.25, -0.2) is 0 Å². The average molecular weight is 264 g/mol. The van der Waals surface area contributed by atoms with E-state index in [9.17, 15) is 0 Å². The summed E-state index contributed by atoms with van der Waals surface area (Å²) in [6.07, 6.45) is 4.04. The van der Waals surface area contributed by atoms with Gasteiger partial charge in [0.15, 0.2) is 0 Å². The largest absolute Gasteiger partial charge is 0.316 e. The van der Waals surface area contributed by atoms with E-state index in [1.165, 1.54) is 43.8 Å². The van der Waals surface area contributed by atoms with E-state index in [4.69, 9.17) is 0 Å². The second kappa shape index (κ2) is 7.82. The highest BCUT2D eigenvalue weighted by atomic mass is 32.2. The summed E-state index contributed by atoms with van der Waals surface area (Å²) < 4.78 is 0. The summed E-state index contributed by atoms with van der Waals surface area (Å²) in [5.41, 5.74) is 0. The molecule has 0 saturated carbocycles. The number of nitrogens with zero attached hydrogens (tertiary/aromatic N) is 1. The molecule has 1 N–H and O–H groups in total. The molecule has 1 heterocycles. The Morgan fingerprint density at radius 1 is 1.22 bits per heavy atom. The van der Waals surface area contributed by atoms with Crippen LogP contribution in [-0.4, -0.2) is 43.4 Å². The molecule has 3 heteroatoms. The second-order valence-electron chi connectivity index (χ2n) is 4.95. The van der Waals surface area contributed by atoms with Crippen molar-refractivity contribution in [2.45, 2.75) is 30.2 Å². The van der Waals surface area contributed by atoms with Crippen molar-refractivity contribution in [2.24, 2.45) is 0 Å². The predicted molar refractivity (Wildman–Crippen MR) is 80.3 cm³/mol. The Balaban J connectivity index is 1.68. The van der Waals surface area contributed by atoms with E-state index in [0.717, 1.165) is 5.75 Å². The summed E-state index contributed by atoms with van der Waals surface area (Å²) >= 11 is 1.95. The Bertz CT molecular complexity index is 323. The maximum atomic E-state index is 3.45. The number of likely N-dealkylation sites (tertiary alicyclic amines) is 1. The highest BCUT2D eigenvalue weighted by molar-refractivity contribution is 7.99. The van der Waals surface area contributed by atoms with Gasteiger partial charge in [-0.2, -0.15) is 0 Å². The van der Waals surface area contributed by atoms with Crippen LogP contribution in [0, 0.1) is 0 Å². The molecule has 0 bridgehead atoms. The van der Waals surface area contributed by atoms with Gasteiger partial charge in [0, 0.05) is 16.7 Å². The molecule has 2 nitrogen and oxygen atoms in total. The molecule has 0 unspecified atom stereocenters. The number of hydrogen-bond acceptors (Lipinski definition) is 3. The van der Waals surface area contributed by atoms with Crippen molar-refractivity contribution in [1.82, 2.24) is 10.2 Å². The molecule has 1 aliphatic heterocycles. The van der Waals surface area contributed by atoms with Crippen LogP contribution in [0.1, 0.15) is 19.3 Å². The van der Waals surface area contributed by atoms with Gasteiger partial charge in [0.05, 0.1) is 0 Å². The zero-order valence-corrected chi connectivity index (χ0v) is 12.1. The Morgan fingerprint density at radius 2 is 1.94 bits per heavy atom. The van der Waals surface area contributed by atoms with Crippen LogP contribution in [0.2, 0.25) is 0 Å². The minimum atomic E-state index is 0.621. The van der Waals surface area contributed by atoms with E-state index in [1.54, 1.807) is 0 Å². The zero-order chi connectivity index (χ0) is 12.6. The summed E-state index contributed by atoms with van der Waals surface area (Å²) in [6, 6.07) is 11.3. The van der Waals surface area contributed by atoms with E-state index >= 15 is 0 Å². The first-order valence-corrected chi connectivity index (χ1v) is 7.94. The molecule has 1 fully saturated rings. The quantitative estimate of drug-likeness (QED) is 0.762. The van der Waals surface area contributed by atoms with Crippen LogP contribution in [0.4, 0.5) is 0 Å². The lowest BCUT2D eigenvalue weighted by molar-refractivity contribution is 0.318. The lowest BCUT2D eigenvalue weighted by Crippen LogP contribution is -2.33. The second-order valence-corrected chi connectivity index (χ2v) is 6.04. The lowest BCUT2D eigenvalue weighted by Gasteiger charge is -2.20. The van der Waals surface area contributed by atoms with Crippen LogP contribution in [0.3, 0.4) is 0 Å². The van der Waals surface area contributed by atoms with Crippen molar-refractivity contribution in [1.29, 1.82) is 0 Å². The monoisotopic (exact) mass is 264 g/mol. The standard InChI is InChI=1S/C15H24N2S/c1-16-14(9-12-17-10-5-6-11-17)13-18-15-7-3-2-4-8-15/h2-4,7-8,14,16H,5-6,9-13H2,1H3/t14-/m1/s1. The molecule has 0 amide bonds. The summed E-state index contributed by atoms with van der Waals surface area (Å²) in [5.74, 6) is 1.16. The molecule has 1 atom stereocenters. The van der Waals surface area contributed by atoms with Gasteiger partial charge < -0.3 is 10.2 Å². The Kier molecular flexibility index (Phi) is 6.05. The van der Waals surface area contributed by atoms with Crippen molar-refractivity contribution in [2.75, 3.05) is 32.4 Å². The molecule has 0 aromatic heterocycles. The van der Waals surface area contributed by atoms with E-state index in [-0.39, 0.29) is 0 Å². The molecule has 1 aliphatic rings. The van der Waals surface area contributed by atoms with Crippen molar-refractivity contribution in [3.8, 4) is 0 Å². The molecule has 2 rings (SSSR count). The molecule has 1 saturated heterocycles. The van der Waals surface area contributed by atoms with Gasteiger partial charge >= 0.3 is 0 Å². The molecule has 100 valence electrons. The molecular weight excluding hydrogens is 240 g/mol. The highest BCUT2D eigenvalue weighted by Crippen LogP contribution is 2.19. The van der Waals surface area contributed by atoms with Crippen molar-refractivity contribution >= 4 is 11.8 Å². The average Bonchev–Trinajstić information content (AvgIpc) is 2.93. The van der Waals surface area contributed by atoms with E-state index < -0.39 is 0 Å². The first-order chi connectivity index (χ1) is 8.88. The first kappa shape index (κ1) is 13.9. The van der Waals surface area contributed by atoms with Gasteiger partial charge in [0.2, 0.25) is 0 Å². The van der Waals surface area contributed by atoms with Crippen molar-refractivity contribution < 1.29 is 0 Å². The van der Waals surface area contributed by atoms with Crippen LogP contribution in [0.25, 0.3) is 0 Å². The number of benzene rings is 1. The fraction of sp³-hybridized carbons (Fsp3) is 0.600. The molecule has 0 radical (unpaired) electrons. The third-order valence-corrected chi connectivity index (χ3v) is 4.77. The molecular formula is C15H24N2S. The van der Waals surface area contributed by atoms with Crippen LogP contribution in [-0.2, 0) is 0 Å². The van der Waals surface area contributed by atoms with Crippen molar-refractivity contribution in [3.63, 3.8) is 0 Å². The van der Waals surface area contributed by atoms with Gasteiger partial charge in [-0.15, -0.1) is 11.8 Å². The zero-order valence-electron chi connectivity index (χ0n) is 11.3. The van der Waals surface area contributed by atoms with Gasteiger partial charge in [-0.1, -0.05) is 18.2 Å². The van der Waals surface area contributed by atoms with Gasteiger partial charge in [0.1, 0.15) is 0 Å². The number of rotatable bonds is 7. The van der Waals surface area contributed by atoms with Crippen LogP contribution in [0.5, 0.6) is 0 Å². The van der Waals surface area contributed by atoms with E-state index in [0.29, 0.717) is 6.04 Å². The highest BCUT2D eigenvalue weighted by Gasteiger charge is 2.13. The molecule has 18 heavy (non-hydrogen) atoms. The van der Waals surface area contributed by atoms with Crippen LogP contribution in [0.15, 0.2) is 35.2 Å². The summed E-state index contributed by atoms with van der Waals surface area (Å²) in [4.78, 5) is 3.97. The topological polar surface area (TPSA) is 15.3 Å². The van der Waals surface area contributed by atoms with Gasteiger partial charge in [-0.05, 0) is 58.1 Å². The van der Waals surface area contributed by atoms with Crippen molar-refractivity contribution in [3.05, 3.63) is 30.3 Å². The summed E-state index contributed by atoms with van der Waals surface area (Å²) in [5, 5.41) is 3.45. The molecule has 0 aliphatic carbocycles. The smallest absolute Gasteiger partial charge is 0.0170 e. The minimum Gasteiger partial charge on any atom is -0.316 e. The maximum Gasteiger partial charge on any atom is 0.0170 e. The summed E-state index contributed by atoms with van der Waals surface area (Å²) in [6.45, 7) is 3.87. The number of thioether (sulfide) groups is 1. The molecule has 0 spiro atoms. The maximum absolute atomic E-state index is 3.45. The minimum absolute atomic E-state index is 0.621. The fourth-order valence-corrected chi connectivity index (χ4v) is 3.45. The Hall–Kier alpha value is -0.510. The fourth-order valence-electron chi connectivity index (χ4n) is 2.37. The predicted octanol–water partition coefficient (Wildman–Crippen LogP) is 2.85. The third kappa shape index (κ3) is 4.63. The third-order valence-electron chi connectivity index (χ3n) is 3.60. The SMILES string of the molecule is CN[C@H](CCN1CCCC1)CSc1ccccc1.